The van der Waals surface area contributed by atoms with E-state index in [0.29, 0.717) is 23.7 Å². The molecule has 9 heteroatoms. The van der Waals surface area contributed by atoms with Crippen LogP contribution in [0.2, 0.25) is 0 Å². The molecule has 5 rings (SSSR count). The first kappa shape index (κ1) is 24.9. The molecule has 0 aliphatic carbocycles. The summed E-state index contributed by atoms with van der Waals surface area (Å²) in [4.78, 5) is 18.0. The van der Waals surface area contributed by atoms with Crippen LogP contribution in [0.4, 0.5) is 41.9 Å². The van der Waals surface area contributed by atoms with E-state index in [9.17, 15) is 13.2 Å². The maximum atomic E-state index is 12.9. The lowest BCUT2D eigenvalue weighted by atomic mass is 10.1. The van der Waals surface area contributed by atoms with Crippen LogP contribution in [0, 0.1) is 6.92 Å². The number of para-hydroxylation sites is 2. The lowest BCUT2D eigenvalue weighted by Crippen LogP contribution is -2.05. The van der Waals surface area contributed by atoms with Crippen molar-refractivity contribution in [1.29, 1.82) is 0 Å². The van der Waals surface area contributed by atoms with E-state index in [1.54, 1.807) is 30.6 Å². The van der Waals surface area contributed by atoms with E-state index >= 15 is 0 Å². The van der Waals surface area contributed by atoms with Gasteiger partial charge in [0.05, 0.1) is 34.3 Å². The lowest BCUT2D eigenvalue weighted by molar-refractivity contribution is -0.137. The van der Waals surface area contributed by atoms with Gasteiger partial charge in [0.1, 0.15) is 0 Å². The molecule has 38 heavy (non-hydrogen) atoms. The first-order valence-corrected chi connectivity index (χ1v) is 11.9. The highest BCUT2D eigenvalue weighted by Gasteiger charge is 2.30. The number of fused-ring (bicyclic) bond motifs is 1. The average Bonchev–Trinajstić information content (AvgIpc) is 2.91. The van der Waals surface area contributed by atoms with E-state index in [0.717, 1.165) is 45.8 Å². The summed E-state index contributed by atoms with van der Waals surface area (Å²) < 4.78 is 38.8. The number of nitrogens with zero attached hydrogens (tertiary/aromatic N) is 4. The second-order valence-corrected chi connectivity index (χ2v) is 8.56. The molecule has 3 aromatic carbocycles. The van der Waals surface area contributed by atoms with Crippen LogP contribution >= 0.6 is 0 Å². The molecule has 2 N–H and O–H groups in total. The van der Waals surface area contributed by atoms with Gasteiger partial charge in [-0.05, 0) is 55.5 Å². The van der Waals surface area contributed by atoms with Gasteiger partial charge in [0.2, 0.25) is 5.95 Å². The van der Waals surface area contributed by atoms with E-state index in [1.807, 2.05) is 55.5 Å². The maximum Gasteiger partial charge on any atom is 0.416 e. The first-order chi connectivity index (χ1) is 18.3. The number of aromatic nitrogens is 3. The van der Waals surface area contributed by atoms with Gasteiger partial charge in [0.25, 0.3) is 0 Å². The predicted octanol–water partition coefficient (Wildman–Crippen LogP) is 7.78. The Hall–Kier alpha value is -4.79. The van der Waals surface area contributed by atoms with Crippen LogP contribution in [0.3, 0.4) is 0 Å². The van der Waals surface area contributed by atoms with E-state index < -0.39 is 11.7 Å². The zero-order valence-electron chi connectivity index (χ0n) is 20.4. The number of anilines is 4. The second kappa shape index (κ2) is 10.7. The number of hydrogen-bond donors (Lipinski definition) is 2. The molecule has 2 aromatic heterocycles. The van der Waals surface area contributed by atoms with Gasteiger partial charge in [-0.25, -0.2) is 15.0 Å². The number of pyridine rings is 1. The van der Waals surface area contributed by atoms with Crippen LogP contribution in [0.15, 0.2) is 96.1 Å². The second-order valence-electron chi connectivity index (χ2n) is 8.56. The standard InChI is InChI=1S/C29H23F3N6/c1-19-25-11-6-12-26(37-22-8-3-2-4-9-22)27(25)38-28(35-19)33-16-15-21-13-14-24(18-34-21)36-23-10-5-7-20(17-23)29(30,31)32/h2-14,16-18,36-37H,15H2,1H3. The number of hydrogen-bond acceptors (Lipinski definition) is 6. The van der Waals surface area contributed by atoms with E-state index in [-0.39, 0.29) is 0 Å². The fourth-order valence-electron chi connectivity index (χ4n) is 3.91. The van der Waals surface area contributed by atoms with Crippen molar-refractivity contribution in [1.82, 2.24) is 15.0 Å². The van der Waals surface area contributed by atoms with Gasteiger partial charge < -0.3 is 10.6 Å². The third-order valence-corrected chi connectivity index (χ3v) is 5.77. The predicted molar refractivity (Wildman–Crippen MR) is 145 cm³/mol. The quantitative estimate of drug-likeness (QED) is 0.218. The van der Waals surface area contributed by atoms with E-state index in [1.165, 1.54) is 6.07 Å². The monoisotopic (exact) mass is 512 g/mol. The normalized spacial score (nSPS) is 11.7. The summed E-state index contributed by atoms with van der Waals surface area (Å²) in [5.74, 6) is 0.347. The number of aliphatic imine (C=N–C) groups is 1. The van der Waals surface area contributed by atoms with Crippen molar-refractivity contribution < 1.29 is 13.2 Å². The minimum atomic E-state index is -4.40. The van der Waals surface area contributed by atoms with Crippen molar-refractivity contribution in [3.05, 3.63) is 108 Å². The number of benzene rings is 3. The fourth-order valence-corrected chi connectivity index (χ4v) is 3.91. The molecular weight excluding hydrogens is 489 g/mol. The van der Waals surface area contributed by atoms with E-state index in [4.69, 9.17) is 0 Å². The topological polar surface area (TPSA) is 75.1 Å². The molecule has 0 saturated carbocycles. The largest absolute Gasteiger partial charge is 0.416 e. The number of nitrogens with one attached hydrogen (secondary N) is 2. The average molecular weight is 513 g/mol. The highest BCUT2D eigenvalue weighted by atomic mass is 19.4. The summed E-state index contributed by atoms with van der Waals surface area (Å²) in [7, 11) is 0. The summed E-state index contributed by atoms with van der Waals surface area (Å²) in [5.41, 5.74) is 4.36. The third kappa shape index (κ3) is 5.95. The number of halogens is 3. The number of alkyl halides is 3. The molecular formula is C29H23F3N6. The number of rotatable bonds is 7. The molecule has 0 amide bonds. The molecule has 2 heterocycles. The Morgan fingerprint density at radius 2 is 1.61 bits per heavy atom. The van der Waals surface area contributed by atoms with Crippen LogP contribution in [0.5, 0.6) is 0 Å². The minimum absolute atomic E-state index is 0.334. The summed E-state index contributed by atoms with van der Waals surface area (Å²) in [6.07, 6.45) is -0.696. The molecule has 0 aliphatic rings. The summed E-state index contributed by atoms with van der Waals surface area (Å²) >= 11 is 0. The Kier molecular flexibility index (Phi) is 6.99. The fraction of sp³-hybridized carbons (Fsp3) is 0.103. The maximum absolute atomic E-state index is 12.9. The minimum Gasteiger partial charge on any atom is -0.354 e. The SMILES string of the molecule is Cc1nc(N=CCc2ccc(Nc3cccc(C(F)(F)F)c3)cn2)nc2c(Nc3ccccc3)cccc12. The molecule has 0 bridgehead atoms. The zero-order chi connectivity index (χ0) is 26.5. The summed E-state index contributed by atoms with van der Waals surface area (Å²) in [6.45, 7) is 1.92. The highest BCUT2D eigenvalue weighted by Crippen LogP contribution is 2.31. The van der Waals surface area contributed by atoms with Gasteiger partial charge in [-0.15, -0.1) is 0 Å². The van der Waals surface area contributed by atoms with Crippen molar-refractivity contribution >= 4 is 45.8 Å². The Labute approximate surface area is 217 Å². The van der Waals surface area contributed by atoms with Gasteiger partial charge in [-0.2, -0.15) is 13.2 Å². The van der Waals surface area contributed by atoms with Crippen molar-refractivity contribution in [2.75, 3.05) is 10.6 Å². The highest BCUT2D eigenvalue weighted by molar-refractivity contribution is 5.94. The van der Waals surface area contributed by atoms with Crippen LogP contribution in [-0.2, 0) is 12.6 Å². The van der Waals surface area contributed by atoms with Crippen molar-refractivity contribution in [3.8, 4) is 0 Å². The smallest absolute Gasteiger partial charge is 0.354 e. The van der Waals surface area contributed by atoms with Crippen molar-refractivity contribution in [2.24, 2.45) is 4.99 Å². The van der Waals surface area contributed by atoms with Gasteiger partial charge in [-0.3, -0.25) is 4.98 Å². The molecule has 0 unspecified atom stereocenters. The summed E-state index contributed by atoms with van der Waals surface area (Å²) in [5, 5.41) is 7.29. The first-order valence-electron chi connectivity index (χ1n) is 11.9. The van der Waals surface area contributed by atoms with Gasteiger partial charge >= 0.3 is 6.18 Å². The van der Waals surface area contributed by atoms with Crippen molar-refractivity contribution in [3.63, 3.8) is 0 Å². The Bertz CT molecular complexity index is 1580. The molecule has 0 spiro atoms. The van der Waals surface area contributed by atoms with Gasteiger partial charge in [0.15, 0.2) is 0 Å². The molecule has 0 radical (unpaired) electrons. The lowest BCUT2D eigenvalue weighted by Gasteiger charge is -2.11. The number of aryl methyl sites for hydroxylation is 1. The van der Waals surface area contributed by atoms with Crippen LogP contribution in [0.1, 0.15) is 17.0 Å². The van der Waals surface area contributed by atoms with Crippen LogP contribution in [-0.4, -0.2) is 21.2 Å². The molecule has 0 fully saturated rings. The van der Waals surface area contributed by atoms with Crippen molar-refractivity contribution in [2.45, 2.75) is 19.5 Å². The Balaban J connectivity index is 1.28. The molecule has 6 nitrogen and oxygen atoms in total. The Morgan fingerprint density at radius 1 is 0.816 bits per heavy atom. The van der Waals surface area contributed by atoms with Crippen LogP contribution in [0.25, 0.3) is 10.9 Å². The molecule has 0 atom stereocenters. The molecule has 0 aliphatic heterocycles. The van der Waals surface area contributed by atoms with Gasteiger partial charge in [0, 0.05) is 35.1 Å². The molecule has 0 saturated heterocycles. The zero-order valence-corrected chi connectivity index (χ0v) is 20.4. The van der Waals surface area contributed by atoms with E-state index in [2.05, 4.69) is 30.6 Å². The van der Waals surface area contributed by atoms with Crippen LogP contribution < -0.4 is 10.6 Å². The molecule has 5 aromatic rings. The molecule has 190 valence electrons. The van der Waals surface area contributed by atoms with Gasteiger partial charge in [-0.1, -0.05) is 36.4 Å². The Morgan fingerprint density at radius 3 is 2.37 bits per heavy atom. The summed E-state index contributed by atoms with van der Waals surface area (Å²) in [6, 6.07) is 24.3. The third-order valence-electron chi connectivity index (χ3n) is 5.77.